The first-order valence-electron chi connectivity index (χ1n) is 11.8. The third-order valence-corrected chi connectivity index (χ3v) is 9.39. The van der Waals surface area contributed by atoms with Gasteiger partial charge in [0.05, 0.1) is 33.9 Å². The predicted octanol–water partition coefficient (Wildman–Crippen LogP) is 3.53. The predicted molar refractivity (Wildman–Crippen MR) is 133 cm³/mol. The van der Waals surface area contributed by atoms with Crippen molar-refractivity contribution in [1.82, 2.24) is 14.5 Å². The van der Waals surface area contributed by atoms with E-state index in [0.29, 0.717) is 30.3 Å². The Balaban J connectivity index is 1.26. The number of carbonyl (C=O) groups excluding carboxylic acids is 1. The number of fused-ring (bicyclic) bond motifs is 3. The summed E-state index contributed by atoms with van der Waals surface area (Å²) in [6.07, 6.45) is 3.68. The van der Waals surface area contributed by atoms with Gasteiger partial charge in [-0.05, 0) is 61.7 Å². The molecule has 184 valence electrons. The van der Waals surface area contributed by atoms with Crippen molar-refractivity contribution in [1.29, 1.82) is 0 Å². The average Bonchev–Trinajstić information content (AvgIpc) is 3.45. The fraction of sp³-hybridized carbons (Fsp3) is 0.440. The highest BCUT2D eigenvalue weighted by molar-refractivity contribution is 7.91. The molecule has 2 fully saturated rings. The van der Waals surface area contributed by atoms with Crippen molar-refractivity contribution in [3.63, 3.8) is 0 Å². The van der Waals surface area contributed by atoms with Crippen LogP contribution in [-0.2, 0) is 33.1 Å². The number of benzene rings is 2. The van der Waals surface area contributed by atoms with E-state index >= 15 is 0 Å². The molecule has 1 spiro atoms. The second-order valence-electron chi connectivity index (χ2n) is 10.0. The standard InChI is InChI=1S/C25H26ClFN4O3S/c1-35(33,34)18-13-29(14-18)9-2-10-30-21-6-3-16(26)11-20(21)28-23(30)15-31-22-12-17(27)4-5-19(22)25(7-8-25)24(31)32/h3-6,11-12,18H,2,7-10,13-15H2,1H3. The maximum atomic E-state index is 14.1. The molecule has 3 aliphatic rings. The van der Waals surface area contributed by atoms with Crippen molar-refractivity contribution >= 4 is 44.1 Å². The van der Waals surface area contributed by atoms with Crippen LogP contribution in [0.25, 0.3) is 11.0 Å². The van der Waals surface area contributed by atoms with Crippen LogP contribution in [0.3, 0.4) is 0 Å². The number of carbonyl (C=O) groups is 1. The summed E-state index contributed by atoms with van der Waals surface area (Å²) in [4.78, 5) is 22.0. The van der Waals surface area contributed by atoms with Gasteiger partial charge in [-0.25, -0.2) is 17.8 Å². The highest BCUT2D eigenvalue weighted by Gasteiger charge is 2.59. The Bertz CT molecular complexity index is 1460. The molecule has 6 rings (SSSR count). The van der Waals surface area contributed by atoms with Crippen LogP contribution in [0, 0.1) is 5.82 Å². The number of aromatic nitrogens is 2. The Morgan fingerprint density at radius 2 is 1.91 bits per heavy atom. The van der Waals surface area contributed by atoms with E-state index in [1.54, 1.807) is 11.0 Å². The minimum absolute atomic E-state index is 0.0159. The van der Waals surface area contributed by atoms with E-state index in [1.165, 1.54) is 18.4 Å². The van der Waals surface area contributed by atoms with Crippen molar-refractivity contribution in [2.24, 2.45) is 0 Å². The van der Waals surface area contributed by atoms with E-state index in [1.807, 2.05) is 18.2 Å². The topological polar surface area (TPSA) is 75.5 Å². The molecular formula is C25H26ClFN4O3S. The lowest BCUT2D eigenvalue weighted by molar-refractivity contribution is -0.120. The molecule has 0 atom stereocenters. The third kappa shape index (κ3) is 3.84. The molecule has 1 aromatic heterocycles. The maximum absolute atomic E-state index is 14.1. The fourth-order valence-corrected chi connectivity index (χ4v) is 6.60. The van der Waals surface area contributed by atoms with Crippen LogP contribution in [0.1, 0.15) is 30.7 Å². The number of aryl methyl sites for hydroxylation is 1. The minimum Gasteiger partial charge on any atom is -0.326 e. The zero-order valence-corrected chi connectivity index (χ0v) is 20.9. The van der Waals surface area contributed by atoms with Crippen molar-refractivity contribution in [2.45, 2.75) is 43.0 Å². The molecule has 7 nitrogen and oxygen atoms in total. The van der Waals surface area contributed by atoms with Gasteiger partial charge in [0.15, 0.2) is 9.84 Å². The van der Waals surface area contributed by atoms with Crippen LogP contribution in [0.5, 0.6) is 0 Å². The van der Waals surface area contributed by atoms with Crippen LogP contribution < -0.4 is 4.90 Å². The molecule has 0 unspecified atom stereocenters. The first kappa shape index (κ1) is 22.9. The molecule has 1 saturated carbocycles. The molecular weight excluding hydrogens is 491 g/mol. The van der Waals surface area contributed by atoms with Crippen molar-refractivity contribution in [3.8, 4) is 0 Å². The number of nitrogens with zero attached hydrogens (tertiary/aromatic N) is 4. The molecule has 2 aliphatic heterocycles. The van der Waals surface area contributed by atoms with Gasteiger partial charge in [0.1, 0.15) is 11.6 Å². The lowest BCUT2D eigenvalue weighted by Gasteiger charge is -2.38. The number of amides is 1. The summed E-state index contributed by atoms with van der Waals surface area (Å²) >= 11 is 6.22. The quantitative estimate of drug-likeness (QED) is 0.480. The van der Waals surface area contributed by atoms with Crippen LogP contribution in [0.2, 0.25) is 5.02 Å². The van der Waals surface area contributed by atoms with Gasteiger partial charge >= 0.3 is 0 Å². The van der Waals surface area contributed by atoms with Crippen molar-refractivity contribution in [2.75, 3.05) is 30.8 Å². The first-order chi connectivity index (χ1) is 16.7. The molecule has 3 aromatic rings. The van der Waals surface area contributed by atoms with Crippen LogP contribution in [0.4, 0.5) is 10.1 Å². The Morgan fingerprint density at radius 3 is 2.63 bits per heavy atom. The molecule has 1 aliphatic carbocycles. The van der Waals surface area contributed by atoms with E-state index in [0.717, 1.165) is 48.2 Å². The smallest absolute Gasteiger partial charge is 0.238 e. The summed E-state index contributed by atoms with van der Waals surface area (Å²) in [5, 5.41) is 0.313. The molecule has 1 amide bonds. The van der Waals surface area contributed by atoms with Crippen LogP contribution in [-0.4, -0.2) is 59.9 Å². The van der Waals surface area contributed by atoms with Crippen molar-refractivity contribution < 1.29 is 17.6 Å². The Morgan fingerprint density at radius 1 is 1.14 bits per heavy atom. The van der Waals surface area contributed by atoms with Crippen LogP contribution in [0.15, 0.2) is 36.4 Å². The second-order valence-corrected chi connectivity index (χ2v) is 12.8. The van der Waals surface area contributed by atoms with Gasteiger partial charge in [0.25, 0.3) is 0 Å². The average molecular weight is 517 g/mol. The van der Waals surface area contributed by atoms with Gasteiger partial charge in [-0.3, -0.25) is 4.79 Å². The molecule has 0 bridgehead atoms. The van der Waals surface area contributed by atoms with Crippen LogP contribution >= 0.6 is 11.6 Å². The zero-order chi connectivity index (χ0) is 24.5. The molecule has 1 saturated heterocycles. The van der Waals surface area contributed by atoms with E-state index in [2.05, 4.69) is 9.47 Å². The number of halogens is 2. The Labute approximate surface area is 208 Å². The van der Waals surface area contributed by atoms with Gasteiger partial charge in [0, 0.05) is 30.9 Å². The minimum atomic E-state index is -2.99. The number of rotatable bonds is 7. The summed E-state index contributed by atoms with van der Waals surface area (Å²) in [6.45, 7) is 2.83. The fourth-order valence-electron chi connectivity index (χ4n) is 5.47. The molecule has 0 N–H and O–H groups in total. The monoisotopic (exact) mass is 516 g/mol. The summed E-state index contributed by atoms with van der Waals surface area (Å²) in [6, 6.07) is 10.2. The lowest BCUT2D eigenvalue weighted by atomic mass is 9.98. The van der Waals surface area contributed by atoms with Gasteiger partial charge in [0.2, 0.25) is 5.91 Å². The number of imidazole rings is 1. The zero-order valence-electron chi connectivity index (χ0n) is 19.4. The molecule has 35 heavy (non-hydrogen) atoms. The summed E-state index contributed by atoms with van der Waals surface area (Å²) in [5.41, 5.74) is 2.72. The van der Waals surface area contributed by atoms with Gasteiger partial charge in [-0.15, -0.1) is 0 Å². The van der Waals surface area contributed by atoms with Crippen molar-refractivity contribution in [3.05, 3.63) is 58.6 Å². The van der Waals surface area contributed by atoms with Gasteiger partial charge in [-0.2, -0.15) is 0 Å². The third-order valence-electron chi connectivity index (χ3n) is 7.64. The van der Waals surface area contributed by atoms with E-state index in [9.17, 15) is 17.6 Å². The normalized spacial score (nSPS) is 19.5. The van der Waals surface area contributed by atoms with E-state index in [-0.39, 0.29) is 23.5 Å². The second kappa shape index (κ2) is 8.01. The maximum Gasteiger partial charge on any atom is 0.238 e. The van der Waals surface area contributed by atoms with Gasteiger partial charge in [-0.1, -0.05) is 17.7 Å². The summed E-state index contributed by atoms with van der Waals surface area (Å²) in [5.74, 6) is 0.379. The number of hydrogen-bond acceptors (Lipinski definition) is 5. The molecule has 2 aromatic carbocycles. The number of likely N-dealkylation sites (tertiary alicyclic amines) is 1. The largest absolute Gasteiger partial charge is 0.326 e. The molecule has 10 heteroatoms. The highest BCUT2D eigenvalue weighted by Crippen LogP contribution is 2.57. The molecule has 0 radical (unpaired) electrons. The van der Waals surface area contributed by atoms with E-state index < -0.39 is 15.3 Å². The number of anilines is 1. The number of sulfone groups is 1. The Hall–Kier alpha value is -2.49. The lowest BCUT2D eigenvalue weighted by Crippen LogP contribution is -2.54. The summed E-state index contributed by atoms with van der Waals surface area (Å²) in [7, 11) is -2.99. The Kier molecular flexibility index (Phi) is 5.25. The SMILES string of the molecule is CS(=O)(=O)C1CN(CCCn2c(CN3C(=O)C4(CC4)c4ccc(F)cc43)nc3cc(Cl)ccc32)C1. The summed E-state index contributed by atoms with van der Waals surface area (Å²) < 4.78 is 39.6. The highest BCUT2D eigenvalue weighted by atomic mass is 35.5. The van der Waals surface area contributed by atoms with E-state index in [4.69, 9.17) is 16.6 Å². The van der Waals surface area contributed by atoms with Gasteiger partial charge < -0.3 is 14.4 Å². The number of hydrogen-bond donors (Lipinski definition) is 0. The first-order valence-corrected chi connectivity index (χ1v) is 14.2. The molecule has 3 heterocycles.